The van der Waals surface area contributed by atoms with Crippen LogP contribution in [0.1, 0.15) is 23.7 Å². The number of halogens is 1. The Hall–Kier alpha value is -1.10. The zero-order valence-corrected chi connectivity index (χ0v) is 8.60. The van der Waals surface area contributed by atoms with E-state index in [1.807, 2.05) is 6.92 Å². The van der Waals surface area contributed by atoms with E-state index in [-0.39, 0.29) is 5.56 Å². The molecule has 76 valence electrons. The Morgan fingerprint density at radius 1 is 1.64 bits per heavy atom. The first kappa shape index (κ1) is 11.0. The molecule has 0 atom stereocenters. The second-order valence-electron chi connectivity index (χ2n) is 2.70. The van der Waals surface area contributed by atoms with E-state index in [2.05, 4.69) is 4.98 Å². The van der Waals surface area contributed by atoms with Gasteiger partial charge in [-0.05, 0) is 24.3 Å². The van der Waals surface area contributed by atoms with Gasteiger partial charge in [-0.3, -0.25) is 4.79 Å². The number of nitrogens with two attached hydrogens (primary N) is 1. The number of hydrogen-bond donors (Lipinski definition) is 1. The fraction of sp³-hybridized carbons (Fsp3) is 0.333. The zero-order valence-electron chi connectivity index (χ0n) is 7.79. The Morgan fingerprint density at radius 3 is 2.93 bits per heavy atom. The lowest BCUT2D eigenvalue weighted by molar-refractivity contribution is 0.0996. The number of nitrogens with zero attached hydrogens (tertiary/aromatic N) is 1. The highest BCUT2D eigenvalue weighted by molar-refractivity contribution is 7.99. The molecule has 0 unspecified atom stereocenters. The molecule has 0 saturated carbocycles. The molecular weight excluding hydrogens is 203 g/mol. The molecule has 0 aliphatic heterocycles. The number of pyridine rings is 1. The average molecular weight is 214 g/mol. The summed E-state index contributed by atoms with van der Waals surface area (Å²) in [6.07, 6.45) is 0.932. The summed E-state index contributed by atoms with van der Waals surface area (Å²) in [5.41, 5.74) is 5.40. The van der Waals surface area contributed by atoms with E-state index in [4.69, 9.17) is 5.73 Å². The van der Waals surface area contributed by atoms with Gasteiger partial charge in [0.1, 0.15) is 5.03 Å². The molecule has 0 bridgehead atoms. The minimum Gasteiger partial charge on any atom is -0.366 e. The highest BCUT2D eigenvalue weighted by atomic mass is 32.2. The maximum atomic E-state index is 12.8. The summed E-state index contributed by atoms with van der Waals surface area (Å²) in [6.45, 7) is 2.00. The lowest BCUT2D eigenvalue weighted by Gasteiger charge is -2.03. The first-order valence-electron chi connectivity index (χ1n) is 4.24. The van der Waals surface area contributed by atoms with Crippen molar-refractivity contribution >= 4 is 17.7 Å². The van der Waals surface area contributed by atoms with Gasteiger partial charge in [0, 0.05) is 0 Å². The predicted octanol–water partition coefficient (Wildman–Crippen LogP) is 1.82. The molecule has 1 rings (SSSR count). The van der Waals surface area contributed by atoms with Gasteiger partial charge >= 0.3 is 0 Å². The van der Waals surface area contributed by atoms with Crippen LogP contribution in [0.5, 0.6) is 0 Å². The largest absolute Gasteiger partial charge is 0.366 e. The van der Waals surface area contributed by atoms with Gasteiger partial charge in [0.2, 0.25) is 5.95 Å². The molecule has 0 spiro atoms. The van der Waals surface area contributed by atoms with Gasteiger partial charge in [0.05, 0.1) is 5.56 Å². The number of aromatic nitrogens is 1. The lowest BCUT2D eigenvalue weighted by Crippen LogP contribution is -2.13. The van der Waals surface area contributed by atoms with E-state index in [1.54, 1.807) is 0 Å². The van der Waals surface area contributed by atoms with Crippen LogP contribution in [0.25, 0.3) is 0 Å². The SMILES string of the molecule is CCCSc1nc(F)ccc1C(N)=O. The van der Waals surface area contributed by atoms with Crippen molar-refractivity contribution in [2.75, 3.05) is 5.75 Å². The number of amides is 1. The molecule has 3 nitrogen and oxygen atoms in total. The number of thioether (sulfide) groups is 1. The second kappa shape index (κ2) is 4.95. The lowest BCUT2D eigenvalue weighted by atomic mass is 10.3. The monoisotopic (exact) mass is 214 g/mol. The Labute approximate surface area is 85.9 Å². The molecule has 0 aromatic carbocycles. The molecule has 0 radical (unpaired) electrons. The maximum Gasteiger partial charge on any atom is 0.251 e. The normalized spacial score (nSPS) is 10.1. The van der Waals surface area contributed by atoms with Gasteiger partial charge in [-0.15, -0.1) is 11.8 Å². The summed E-state index contributed by atoms with van der Waals surface area (Å²) in [5, 5.41) is 0.374. The third-order valence-corrected chi connectivity index (χ3v) is 2.73. The van der Waals surface area contributed by atoms with Crippen molar-refractivity contribution in [3.63, 3.8) is 0 Å². The summed E-state index contributed by atoms with van der Waals surface area (Å²) in [6, 6.07) is 2.50. The van der Waals surface area contributed by atoms with Crippen molar-refractivity contribution in [1.82, 2.24) is 4.98 Å². The third kappa shape index (κ3) is 2.70. The van der Waals surface area contributed by atoms with Crippen LogP contribution in [-0.2, 0) is 0 Å². The fourth-order valence-electron chi connectivity index (χ4n) is 0.914. The molecular formula is C9H11FN2OS. The van der Waals surface area contributed by atoms with Crippen LogP contribution in [0.2, 0.25) is 0 Å². The Kier molecular flexibility index (Phi) is 3.88. The van der Waals surface area contributed by atoms with Gasteiger partial charge in [-0.25, -0.2) is 4.98 Å². The van der Waals surface area contributed by atoms with Gasteiger partial charge in [0.25, 0.3) is 5.91 Å². The molecule has 2 N–H and O–H groups in total. The van der Waals surface area contributed by atoms with Crippen molar-refractivity contribution in [1.29, 1.82) is 0 Å². The van der Waals surface area contributed by atoms with E-state index in [9.17, 15) is 9.18 Å². The standard InChI is InChI=1S/C9H11FN2OS/c1-2-5-14-9-6(8(11)13)3-4-7(10)12-9/h3-4H,2,5H2,1H3,(H2,11,13). The smallest absolute Gasteiger partial charge is 0.251 e. The van der Waals surface area contributed by atoms with Crippen molar-refractivity contribution in [3.05, 3.63) is 23.6 Å². The van der Waals surface area contributed by atoms with E-state index in [0.29, 0.717) is 5.03 Å². The second-order valence-corrected chi connectivity index (χ2v) is 3.78. The number of rotatable bonds is 4. The Bertz CT molecular complexity index is 344. The summed E-state index contributed by atoms with van der Waals surface area (Å²) < 4.78 is 12.8. The third-order valence-electron chi connectivity index (χ3n) is 1.53. The Morgan fingerprint density at radius 2 is 2.36 bits per heavy atom. The van der Waals surface area contributed by atoms with Crippen LogP contribution in [0, 0.1) is 5.95 Å². The van der Waals surface area contributed by atoms with Crippen LogP contribution in [0.15, 0.2) is 17.2 Å². The van der Waals surface area contributed by atoms with Crippen LogP contribution in [-0.4, -0.2) is 16.6 Å². The molecule has 1 heterocycles. The molecule has 1 aromatic rings. The summed E-state index contributed by atoms with van der Waals surface area (Å²) in [5.74, 6) is -0.374. The van der Waals surface area contributed by atoms with Gasteiger partial charge in [0.15, 0.2) is 0 Å². The first-order chi connectivity index (χ1) is 6.65. The maximum absolute atomic E-state index is 12.8. The number of hydrogen-bond acceptors (Lipinski definition) is 3. The predicted molar refractivity (Wildman–Crippen MR) is 53.7 cm³/mol. The topological polar surface area (TPSA) is 56.0 Å². The van der Waals surface area contributed by atoms with Gasteiger partial charge in [-0.2, -0.15) is 4.39 Å². The number of primary amides is 1. The van der Waals surface area contributed by atoms with Crippen LogP contribution in [0.3, 0.4) is 0 Å². The average Bonchev–Trinajstić information content (AvgIpc) is 2.14. The van der Waals surface area contributed by atoms with Gasteiger partial charge in [-0.1, -0.05) is 6.92 Å². The molecule has 14 heavy (non-hydrogen) atoms. The fourth-order valence-corrected chi connectivity index (χ4v) is 1.79. The van der Waals surface area contributed by atoms with Crippen molar-refractivity contribution in [2.24, 2.45) is 5.73 Å². The first-order valence-corrected chi connectivity index (χ1v) is 5.23. The highest BCUT2D eigenvalue weighted by Gasteiger charge is 2.10. The van der Waals surface area contributed by atoms with E-state index in [1.165, 1.54) is 17.8 Å². The minimum atomic E-state index is -0.589. The van der Waals surface area contributed by atoms with Crippen LogP contribution in [0.4, 0.5) is 4.39 Å². The Balaban J connectivity index is 2.97. The molecule has 5 heteroatoms. The van der Waals surface area contributed by atoms with Crippen molar-refractivity contribution in [2.45, 2.75) is 18.4 Å². The van der Waals surface area contributed by atoms with E-state index in [0.717, 1.165) is 18.2 Å². The summed E-state index contributed by atoms with van der Waals surface area (Å²) >= 11 is 1.34. The van der Waals surface area contributed by atoms with Crippen LogP contribution < -0.4 is 5.73 Å². The van der Waals surface area contributed by atoms with E-state index >= 15 is 0 Å². The molecule has 0 fully saturated rings. The molecule has 0 aliphatic rings. The van der Waals surface area contributed by atoms with Crippen LogP contribution >= 0.6 is 11.8 Å². The van der Waals surface area contributed by atoms with Gasteiger partial charge < -0.3 is 5.73 Å². The molecule has 0 aliphatic carbocycles. The van der Waals surface area contributed by atoms with Crippen molar-refractivity contribution in [3.8, 4) is 0 Å². The molecule has 0 saturated heterocycles. The zero-order chi connectivity index (χ0) is 10.6. The molecule has 1 aromatic heterocycles. The highest BCUT2D eigenvalue weighted by Crippen LogP contribution is 2.20. The minimum absolute atomic E-state index is 0.282. The quantitative estimate of drug-likeness (QED) is 0.614. The molecule has 1 amide bonds. The van der Waals surface area contributed by atoms with Crippen molar-refractivity contribution < 1.29 is 9.18 Å². The number of carbonyl (C=O) groups is 1. The summed E-state index contributed by atoms with van der Waals surface area (Å²) in [7, 11) is 0. The number of carbonyl (C=O) groups excluding carboxylic acids is 1. The summed E-state index contributed by atoms with van der Waals surface area (Å²) in [4.78, 5) is 14.6. The van der Waals surface area contributed by atoms with E-state index < -0.39 is 11.9 Å².